The molecular formula is C15H19Cl2FN2. The van der Waals surface area contributed by atoms with Gasteiger partial charge in [0.2, 0.25) is 0 Å². The van der Waals surface area contributed by atoms with Crippen LogP contribution in [0.4, 0.5) is 4.39 Å². The number of nitrogens with zero attached hydrogens (tertiary/aromatic N) is 2. The van der Waals surface area contributed by atoms with Crippen molar-refractivity contribution in [1.29, 1.82) is 0 Å². The largest absolute Gasteiger partial charge is 0.324 e. The lowest BCUT2D eigenvalue weighted by Crippen LogP contribution is -2.12. The van der Waals surface area contributed by atoms with Crippen molar-refractivity contribution < 1.29 is 4.39 Å². The number of hydrogen-bond donors (Lipinski definition) is 0. The summed E-state index contributed by atoms with van der Waals surface area (Å²) >= 11 is 12.2. The van der Waals surface area contributed by atoms with Crippen LogP contribution in [0.1, 0.15) is 57.3 Å². The number of imidazole rings is 1. The molecule has 0 saturated heterocycles. The Kier molecular flexibility index (Phi) is 4.92. The quantitative estimate of drug-likeness (QED) is 0.630. The third kappa shape index (κ3) is 2.79. The lowest BCUT2D eigenvalue weighted by atomic mass is 10.1. The number of aromatic nitrogens is 2. The van der Waals surface area contributed by atoms with Crippen molar-refractivity contribution in [3.05, 3.63) is 28.8 Å². The van der Waals surface area contributed by atoms with E-state index < -0.39 is 5.82 Å². The Hall–Kier alpha value is -0.800. The predicted molar refractivity (Wildman–Crippen MR) is 83.2 cm³/mol. The van der Waals surface area contributed by atoms with Crippen LogP contribution in [0.5, 0.6) is 0 Å². The maximum absolute atomic E-state index is 13.6. The van der Waals surface area contributed by atoms with E-state index in [1.807, 2.05) is 6.92 Å². The van der Waals surface area contributed by atoms with Crippen LogP contribution in [0, 0.1) is 5.82 Å². The Morgan fingerprint density at radius 1 is 1.35 bits per heavy atom. The molecule has 0 saturated carbocycles. The molecule has 0 radical (unpaired) electrons. The molecule has 5 heteroatoms. The smallest absolute Gasteiger partial charge is 0.144 e. The fourth-order valence-corrected chi connectivity index (χ4v) is 2.93. The van der Waals surface area contributed by atoms with Gasteiger partial charge in [-0.15, -0.1) is 11.6 Å². The van der Waals surface area contributed by atoms with Gasteiger partial charge in [-0.05, 0) is 25.8 Å². The third-order valence-electron chi connectivity index (χ3n) is 3.57. The number of halogens is 3. The van der Waals surface area contributed by atoms with Crippen LogP contribution in [0.2, 0.25) is 5.02 Å². The summed E-state index contributed by atoms with van der Waals surface area (Å²) in [5, 5.41) is -0.103. The van der Waals surface area contributed by atoms with Gasteiger partial charge < -0.3 is 4.57 Å². The minimum atomic E-state index is -0.443. The lowest BCUT2D eigenvalue weighted by molar-refractivity contribution is 0.444. The van der Waals surface area contributed by atoms with E-state index in [2.05, 4.69) is 23.4 Å². The molecule has 0 spiro atoms. The Morgan fingerprint density at radius 3 is 2.60 bits per heavy atom. The zero-order valence-electron chi connectivity index (χ0n) is 12.0. The summed E-state index contributed by atoms with van der Waals surface area (Å²) in [6, 6.07) is 3.35. The van der Waals surface area contributed by atoms with Gasteiger partial charge in [-0.3, -0.25) is 0 Å². The minimum absolute atomic E-state index is 0.124. The number of fused-ring (bicyclic) bond motifs is 1. The van der Waals surface area contributed by atoms with Crippen LogP contribution in [0.25, 0.3) is 11.0 Å². The maximum Gasteiger partial charge on any atom is 0.144 e. The molecule has 0 N–H and O–H groups in total. The minimum Gasteiger partial charge on any atom is -0.324 e. The van der Waals surface area contributed by atoms with Crippen molar-refractivity contribution in [3.8, 4) is 0 Å². The number of hydrogen-bond acceptors (Lipinski definition) is 1. The van der Waals surface area contributed by atoms with E-state index in [1.165, 1.54) is 6.07 Å². The lowest BCUT2D eigenvalue weighted by Gasteiger charge is -2.21. The maximum atomic E-state index is 13.6. The molecule has 1 aromatic heterocycles. The summed E-state index contributed by atoms with van der Waals surface area (Å²) in [4.78, 5) is 4.50. The van der Waals surface area contributed by atoms with E-state index in [0.29, 0.717) is 11.6 Å². The van der Waals surface area contributed by atoms with Crippen molar-refractivity contribution >= 4 is 34.2 Å². The van der Waals surface area contributed by atoms with Gasteiger partial charge in [0.05, 0.1) is 21.4 Å². The fourth-order valence-electron chi connectivity index (χ4n) is 2.62. The molecule has 1 aromatic carbocycles. The van der Waals surface area contributed by atoms with Crippen LogP contribution >= 0.6 is 23.2 Å². The molecule has 0 aliphatic heterocycles. The second-order valence-corrected chi connectivity index (χ2v) is 6.12. The van der Waals surface area contributed by atoms with Gasteiger partial charge in [0, 0.05) is 12.1 Å². The van der Waals surface area contributed by atoms with E-state index >= 15 is 0 Å². The highest BCUT2D eigenvalue weighted by Crippen LogP contribution is 2.33. The zero-order chi connectivity index (χ0) is 14.9. The summed E-state index contributed by atoms with van der Waals surface area (Å²) in [6.45, 7) is 6.17. The van der Waals surface area contributed by atoms with Crippen molar-refractivity contribution in [2.45, 2.75) is 51.5 Å². The van der Waals surface area contributed by atoms with E-state index in [-0.39, 0.29) is 10.4 Å². The van der Waals surface area contributed by atoms with Gasteiger partial charge in [0.25, 0.3) is 0 Å². The van der Waals surface area contributed by atoms with Crippen LogP contribution in [0.15, 0.2) is 12.1 Å². The molecule has 2 unspecified atom stereocenters. The Morgan fingerprint density at radius 2 is 2.05 bits per heavy atom. The summed E-state index contributed by atoms with van der Waals surface area (Å²) in [5.41, 5.74) is 1.48. The molecule has 0 aliphatic rings. The first-order chi connectivity index (χ1) is 9.49. The molecule has 2 atom stereocenters. The topological polar surface area (TPSA) is 17.8 Å². The molecule has 1 heterocycles. The van der Waals surface area contributed by atoms with Gasteiger partial charge in [0.15, 0.2) is 0 Å². The first-order valence-electron chi connectivity index (χ1n) is 7.00. The van der Waals surface area contributed by atoms with E-state index in [9.17, 15) is 4.39 Å². The van der Waals surface area contributed by atoms with E-state index in [1.54, 1.807) is 6.07 Å². The highest BCUT2D eigenvalue weighted by molar-refractivity contribution is 6.31. The molecule has 0 aliphatic carbocycles. The van der Waals surface area contributed by atoms with Crippen molar-refractivity contribution in [3.63, 3.8) is 0 Å². The Bertz CT molecular complexity index is 607. The number of alkyl halides is 1. The van der Waals surface area contributed by atoms with Crippen molar-refractivity contribution in [1.82, 2.24) is 9.55 Å². The standard InChI is InChI=1S/C15H19Cl2FN2/c1-4-6-10(5-2)20-14-7-11(17)12(18)8-13(14)19-15(20)9(3)16/h7-10H,4-6H2,1-3H3. The molecule has 0 amide bonds. The van der Waals surface area contributed by atoms with Crippen LogP contribution in [0.3, 0.4) is 0 Å². The first-order valence-corrected chi connectivity index (χ1v) is 7.81. The summed E-state index contributed by atoms with van der Waals surface area (Å²) in [7, 11) is 0. The molecule has 0 bridgehead atoms. The molecule has 2 aromatic rings. The molecule has 2 nitrogen and oxygen atoms in total. The summed E-state index contributed by atoms with van der Waals surface area (Å²) in [5.74, 6) is 0.338. The van der Waals surface area contributed by atoms with Crippen molar-refractivity contribution in [2.24, 2.45) is 0 Å². The fraction of sp³-hybridized carbons (Fsp3) is 0.533. The Balaban J connectivity index is 2.70. The van der Waals surface area contributed by atoms with Crippen LogP contribution < -0.4 is 0 Å². The van der Waals surface area contributed by atoms with Crippen LogP contribution in [-0.2, 0) is 0 Å². The highest BCUT2D eigenvalue weighted by Gasteiger charge is 2.21. The Labute approximate surface area is 128 Å². The SMILES string of the molecule is CCCC(CC)n1c(C(C)Cl)nc2cc(F)c(Cl)cc21. The third-order valence-corrected chi connectivity index (χ3v) is 4.06. The summed E-state index contributed by atoms with van der Waals surface area (Å²) < 4.78 is 15.7. The second-order valence-electron chi connectivity index (χ2n) is 5.06. The monoisotopic (exact) mass is 316 g/mol. The van der Waals surface area contributed by atoms with Gasteiger partial charge in [0.1, 0.15) is 11.6 Å². The predicted octanol–water partition coefficient (Wildman–Crippen LogP) is 5.88. The number of benzene rings is 1. The normalized spacial score (nSPS) is 14.7. The van der Waals surface area contributed by atoms with Gasteiger partial charge in [-0.1, -0.05) is 31.9 Å². The van der Waals surface area contributed by atoms with Gasteiger partial charge in [-0.2, -0.15) is 0 Å². The van der Waals surface area contributed by atoms with Gasteiger partial charge in [-0.25, -0.2) is 9.37 Å². The highest BCUT2D eigenvalue weighted by atomic mass is 35.5. The van der Waals surface area contributed by atoms with Crippen LogP contribution in [-0.4, -0.2) is 9.55 Å². The molecule has 110 valence electrons. The average Bonchev–Trinajstić information content (AvgIpc) is 2.75. The van der Waals surface area contributed by atoms with Crippen molar-refractivity contribution in [2.75, 3.05) is 0 Å². The average molecular weight is 317 g/mol. The second kappa shape index (κ2) is 6.31. The molecule has 20 heavy (non-hydrogen) atoms. The number of rotatable bonds is 5. The zero-order valence-corrected chi connectivity index (χ0v) is 13.5. The van der Waals surface area contributed by atoms with E-state index in [4.69, 9.17) is 23.2 Å². The first kappa shape index (κ1) is 15.6. The molecule has 0 fully saturated rings. The summed E-state index contributed by atoms with van der Waals surface area (Å²) in [6.07, 6.45) is 3.09. The van der Waals surface area contributed by atoms with E-state index in [0.717, 1.165) is 30.6 Å². The molecular weight excluding hydrogens is 298 g/mol. The van der Waals surface area contributed by atoms with Gasteiger partial charge >= 0.3 is 0 Å². The molecule has 2 rings (SSSR count).